The van der Waals surface area contributed by atoms with Crippen LogP contribution in [0.15, 0.2) is 68.7 Å². The van der Waals surface area contributed by atoms with Crippen LogP contribution in [0.2, 0.25) is 0 Å². The maximum atomic E-state index is 13.0. The molecule has 5 nitrogen and oxygen atoms in total. The molecular weight excluding hydrogens is 450 g/mol. The van der Waals surface area contributed by atoms with Gasteiger partial charge in [-0.25, -0.2) is 0 Å². The Bertz CT molecular complexity index is 958. The second-order valence-electron chi connectivity index (χ2n) is 7.25. The standard InChI is InChI=1S/C22H22BrN3O2S/c1-15(17-7-8-17)26(13-16-5-3-2-4-6-16)20(27)14-29-22-25-24-21(28-22)18-9-11-19(23)12-10-18/h2-6,9-12,15,17H,7-8,13-14H2,1H3. The third-order valence-corrected chi connectivity index (χ3v) is 6.46. The van der Waals surface area contributed by atoms with Gasteiger partial charge in [-0.15, -0.1) is 10.2 Å². The second kappa shape index (κ2) is 9.13. The molecule has 1 aliphatic rings. The van der Waals surface area contributed by atoms with Gasteiger partial charge in [0.05, 0.1) is 5.75 Å². The summed E-state index contributed by atoms with van der Waals surface area (Å²) < 4.78 is 6.72. The summed E-state index contributed by atoms with van der Waals surface area (Å²) in [5.41, 5.74) is 2.00. The predicted molar refractivity (Wildman–Crippen MR) is 117 cm³/mol. The first-order chi connectivity index (χ1) is 14.1. The highest BCUT2D eigenvalue weighted by atomic mass is 79.9. The fourth-order valence-corrected chi connectivity index (χ4v) is 4.17. The van der Waals surface area contributed by atoms with E-state index in [2.05, 4.69) is 45.2 Å². The topological polar surface area (TPSA) is 59.2 Å². The molecule has 1 aromatic heterocycles. The van der Waals surface area contributed by atoms with Crippen molar-refractivity contribution in [3.05, 3.63) is 64.6 Å². The van der Waals surface area contributed by atoms with Crippen molar-refractivity contribution in [3.8, 4) is 11.5 Å². The van der Waals surface area contributed by atoms with Crippen LogP contribution in [0, 0.1) is 5.92 Å². The number of carbonyl (C=O) groups excluding carboxylic acids is 1. The Hall–Kier alpha value is -2.12. The zero-order valence-corrected chi connectivity index (χ0v) is 18.5. The van der Waals surface area contributed by atoms with Crippen LogP contribution < -0.4 is 0 Å². The molecule has 1 unspecified atom stereocenters. The Balaban J connectivity index is 1.40. The molecular formula is C22H22BrN3O2S. The molecule has 0 bridgehead atoms. The van der Waals surface area contributed by atoms with Crippen molar-refractivity contribution in [2.24, 2.45) is 5.92 Å². The predicted octanol–water partition coefficient (Wildman–Crippen LogP) is 5.42. The van der Waals surface area contributed by atoms with Crippen molar-refractivity contribution in [2.75, 3.05) is 5.75 Å². The lowest BCUT2D eigenvalue weighted by molar-refractivity contribution is -0.131. The quantitative estimate of drug-likeness (QED) is 0.410. The molecule has 0 aliphatic heterocycles. The van der Waals surface area contributed by atoms with E-state index in [0.717, 1.165) is 15.6 Å². The van der Waals surface area contributed by atoms with Gasteiger partial charge in [0, 0.05) is 22.6 Å². The molecule has 29 heavy (non-hydrogen) atoms. The summed E-state index contributed by atoms with van der Waals surface area (Å²) in [6.07, 6.45) is 2.40. The van der Waals surface area contributed by atoms with Gasteiger partial charge in [0.25, 0.3) is 5.22 Å². The Kier molecular flexibility index (Phi) is 6.35. The number of thioether (sulfide) groups is 1. The number of rotatable bonds is 8. The van der Waals surface area contributed by atoms with Crippen molar-refractivity contribution in [3.63, 3.8) is 0 Å². The molecule has 1 saturated carbocycles. The smallest absolute Gasteiger partial charge is 0.277 e. The molecule has 1 aliphatic carbocycles. The van der Waals surface area contributed by atoms with E-state index in [1.807, 2.05) is 47.4 Å². The first kappa shape index (κ1) is 20.2. The number of hydrogen-bond donors (Lipinski definition) is 0. The lowest BCUT2D eigenvalue weighted by Gasteiger charge is -2.29. The van der Waals surface area contributed by atoms with Crippen LogP contribution in [0.25, 0.3) is 11.5 Å². The van der Waals surface area contributed by atoms with Crippen LogP contribution in [0.1, 0.15) is 25.3 Å². The molecule has 0 N–H and O–H groups in total. The number of benzene rings is 2. The average molecular weight is 472 g/mol. The van der Waals surface area contributed by atoms with Crippen molar-refractivity contribution < 1.29 is 9.21 Å². The third-order valence-electron chi connectivity index (χ3n) is 5.13. The average Bonchev–Trinajstić information content (AvgIpc) is 3.49. The molecule has 0 saturated heterocycles. The highest BCUT2D eigenvalue weighted by Crippen LogP contribution is 2.36. The highest BCUT2D eigenvalue weighted by molar-refractivity contribution is 9.10. The first-order valence-corrected chi connectivity index (χ1v) is 11.4. The SMILES string of the molecule is CC(C1CC1)N(Cc1ccccc1)C(=O)CSc1nnc(-c2ccc(Br)cc2)o1. The molecule has 1 atom stereocenters. The summed E-state index contributed by atoms with van der Waals surface area (Å²) in [5, 5.41) is 8.60. The second-order valence-corrected chi connectivity index (χ2v) is 9.10. The van der Waals surface area contributed by atoms with Crippen molar-refractivity contribution in [1.29, 1.82) is 0 Å². The number of aromatic nitrogens is 2. The van der Waals surface area contributed by atoms with E-state index in [9.17, 15) is 4.79 Å². The maximum Gasteiger partial charge on any atom is 0.277 e. The van der Waals surface area contributed by atoms with Gasteiger partial charge in [0.15, 0.2) is 0 Å². The van der Waals surface area contributed by atoms with E-state index in [0.29, 0.717) is 23.6 Å². The first-order valence-electron chi connectivity index (χ1n) is 9.66. The lowest BCUT2D eigenvalue weighted by atomic mass is 10.1. The Morgan fingerprint density at radius 2 is 1.90 bits per heavy atom. The number of halogens is 1. The van der Waals surface area contributed by atoms with Gasteiger partial charge in [0.2, 0.25) is 11.8 Å². The summed E-state index contributed by atoms with van der Waals surface area (Å²) in [6, 6.07) is 18.1. The van der Waals surface area contributed by atoms with Crippen LogP contribution in [0.4, 0.5) is 0 Å². The number of amides is 1. The van der Waals surface area contributed by atoms with Gasteiger partial charge in [-0.1, -0.05) is 58.0 Å². The van der Waals surface area contributed by atoms with Crippen LogP contribution >= 0.6 is 27.7 Å². The van der Waals surface area contributed by atoms with Crippen LogP contribution in [-0.4, -0.2) is 32.8 Å². The van der Waals surface area contributed by atoms with Gasteiger partial charge >= 0.3 is 0 Å². The Labute approximate surface area is 183 Å². The monoisotopic (exact) mass is 471 g/mol. The normalized spacial score (nSPS) is 14.6. The zero-order valence-electron chi connectivity index (χ0n) is 16.1. The minimum absolute atomic E-state index is 0.0987. The van der Waals surface area contributed by atoms with E-state index in [1.165, 1.54) is 24.6 Å². The van der Waals surface area contributed by atoms with Crippen LogP contribution in [0.5, 0.6) is 0 Å². The minimum Gasteiger partial charge on any atom is -0.411 e. The molecule has 1 amide bonds. The van der Waals surface area contributed by atoms with Gasteiger partial charge in [-0.2, -0.15) is 0 Å². The molecule has 0 radical (unpaired) electrons. The largest absolute Gasteiger partial charge is 0.411 e. The number of carbonyl (C=O) groups is 1. The molecule has 4 rings (SSSR count). The van der Waals surface area contributed by atoms with Crippen molar-refractivity contribution in [2.45, 2.75) is 37.6 Å². The Morgan fingerprint density at radius 1 is 1.17 bits per heavy atom. The van der Waals surface area contributed by atoms with Gasteiger partial charge in [0.1, 0.15) is 0 Å². The van der Waals surface area contributed by atoms with E-state index in [-0.39, 0.29) is 17.7 Å². The van der Waals surface area contributed by atoms with E-state index < -0.39 is 0 Å². The molecule has 2 aromatic carbocycles. The summed E-state index contributed by atoms with van der Waals surface area (Å²) in [6.45, 7) is 2.79. The summed E-state index contributed by atoms with van der Waals surface area (Å²) in [7, 11) is 0. The molecule has 7 heteroatoms. The van der Waals surface area contributed by atoms with Gasteiger partial charge in [-0.3, -0.25) is 4.79 Å². The molecule has 1 heterocycles. The van der Waals surface area contributed by atoms with Crippen LogP contribution in [-0.2, 0) is 11.3 Å². The summed E-state index contributed by atoms with van der Waals surface area (Å²) in [4.78, 5) is 15.0. The Morgan fingerprint density at radius 3 is 2.59 bits per heavy atom. The highest BCUT2D eigenvalue weighted by Gasteiger charge is 2.34. The summed E-state index contributed by atoms with van der Waals surface area (Å²) in [5.74, 6) is 1.45. The molecule has 1 fully saturated rings. The van der Waals surface area contributed by atoms with Gasteiger partial charge < -0.3 is 9.32 Å². The summed E-state index contributed by atoms with van der Waals surface area (Å²) >= 11 is 4.71. The van der Waals surface area contributed by atoms with E-state index >= 15 is 0 Å². The van der Waals surface area contributed by atoms with Gasteiger partial charge in [-0.05, 0) is 55.5 Å². The van der Waals surface area contributed by atoms with Crippen molar-refractivity contribution >= 4 is 33.6 Å². The van der Waals surface area contributed by atoms with E-state index in [4.69, 9.17) is 4.42 Å². The maximum absolute atomic E-state index is 13.0. The third kappa shape index (κ3) is 5.28. The lowest BCUT2D eigenvalue weighted by Crippen LogP contribution is -2.40. The zero-order chi connectivity index (χ0) is 20.2. The molecule has 3 aromatic rings. The van der Waals surface area contributed by atoms with E-state index in [1.54, 1.807) is 0 Å². The van der Waals surface area contributed by atoms with Crippen molar-refractivity contribution in [1.82, 2.24) is 15.1 Å². The minimum atomic E-state index is 0.0987. The van der Waals surface area contributed by atoms with Crippen LogP contribution in [0.3, 0.4) is 0 Å². The number of nitrogens with zero attached hydrogens (tertiary/aromatic N) is 3. The molecule has 150 valence electrons. The molecule has 0 spiro atoms. The fourth-order valence-electron chi connectivity index (χ4n) is 3.26. The number of hydrogen-bond acceptors (Lipinski definition) is 5. The fraction of sp³-hybridized carbons (Fsp3) is 0.318.